The first kappa shape index (κ1) is 15.4. The molecule has 1 atom stereocenters. The van der Waals surface area contributed by atoms with E-state index in [0.29, 0.717) is 17.5 Å². The summed E-state index contributed by atoms with van der Waals surface area (Å²) < 4.78 is 10.4. The molecule has 0 fully saturated rings. The SMILES string of the molecule is CCOC(=O)C(CCBr)Oc1ccc([N+](=O)[O-])cc1. The second-order valence-corrected chi connectivity index (χ2v) is 4.38. The number of alkyl halides is 1. The Bertz CT molecular complexity index is 434. The molecule has 7 heteroatoms. The fourth-order valence-electron chi connectivity index (χ4n) is 1.37. The van der Waals surface area contributed by atoms with Gasteiger partial charge in [-0.25, -0.2) is 4.79 Å². The molecule has 0 amide bonds. The number of rotatable bonds is 7. The van der Waals surface area contributed by atoms with Crippen molar-refractivity contribution in [2.75, 3.05) is 11.9 Å². The summed E-state index contributed by atoms with van der Waals surface area (Å²) in [5.74, 6) is -0.0510. The molecule has 0 saturated carbocycles. The Kier molecular flexibility index (Phi) is 6.27. The van der Waals surface area contributed by atoms with Gasteiger partial charge in [0, 0.05) is 23.9 Å². The molecule has 0 bridgehead atoms. The maximum absolute atomic E-state index is 11.6. The van der Waals surface area contributed by atoms with Crippen molar-refractivity contribution in [3.63, 3.8) is 0 Å². The summed E-state index contributed by atoms with van der Waals surface area (Å²) in [5, 5.41) is 11.1. The molecule has 1 aromatic rings. The van der Waals surface area contributed by atoms with Crippen molar-refractivity contribution in [2.24, 2.45) is 0 Å². The minimum Gasteiger partial charge on any atom is -0.479 e. The van der Waals surface area contributed by atoms with E-state index >= 15 is 0 Å². The Morgan fingerprint density at radius 1 is 1.42 bits per heavy atom. The summed E-state index contributed by atoms with van der Waals surface area (Å²) >= 11 is 3.24. The van der Waals surface area contributed by atoms with Crippen molar-refractivity contribution in [1.82, 2.24) is 0 Å². The number of ether oxygens (including phenoxy) is 2. The molecular weight excluding hydrogens is 318 g/mol. The van der Waals surface area contributed by atoms with Crippen molar-refractivity contribution in [3.8, 4) is 5.75 Å². The first-order chi connectivity index (χ1) is 9.08. The van der Waals surface area contributed by atoms with Crippen LogP contribution < -0.4 is 4.74 Å². The molecular formula is C12H14BrNO5. The first-order valence-corrected chi connectivity index (χ1v) is 6.84. The molecule has 1 aromatic carbocycles. The summed E-state index contributed by atoms with van der Waals surface area (Å²) in [7, 11) is 0. The lowest BCUT2D eigenvalue weighted by molar-refractivity contribution is -0.384. The normalized spacial score (nSPS) is 11.7. The number of non-ortho nitro benzene ring substituents is 1. The fraction of sp³-hybridized carbons (Fsp3) is 0.417. The van der Waals surface area contributed by atoms with Gasteiger partial charge in [0.1, 0.15) is 5.75 Å². The van der Waals surface area contributed by atoms with Crippen LogP contribution in [0.25, 0.3) is 0 Å². The summed E-state index contributed by atoms with van der Waals surface area (Å²) in [4.78, 5) is 21.7. The fourth-order valence-corrected chi connectivity index (χ4v) is 1.79. The third kappa shape index (κ3) is 4.86. The van der Waals surface area contributed by atoms with Gasteiger partial charge in [-0.05, 0) is 19.1 Å². The van der Waals surface area contributed by atoms with Gasteiger partial charge in [-0.3, -0.25) is 10.1 Å². The number of esters is 1. The van der Waals surface area contributed by atoms with Crippen LogP contribution in [0.2, 0.25) is 0 Å². The lowest BCUT2D eigenvalue weighted by atomic mass is 10.2. The lowest BCUT2D eigenvalue weighted by Crippen LogP contribution is -2.29. The Morgan fingerprint density at radius 2 is 2.05 bits per heavy atom. The molecule has 0 N–H and O–H groups in total. The Labute approximate surface area is 119 Å². The van der Waals surface area contributed by atoms with Crippen molar-refractivity contribution in [1.29, 1.82) is 0 Å². The highest BCUT2D eigenvalue weighted by molar-refractivity contribution is 9.09. The molecule has 104 valence electrons. The van der Waals surface area contributed by atoms with Crippen LogP contribution >= 0.6 is 15.9 Å². The molecule has 0 aliphatic heterocycles. The van der Waals surface area contributed by atoms with E-state index in [-0.39, 0.29) is 12.3 Å². The third-order valence-corrected chi connectivity index (χ3v) is 2.70. The number of carbonyl (C=O) groups is 1. The van der Waals surface area contributed by atoms with Gasteiger partial charge in [0.15, 0.2) is 6.10 Å². The third-order valence-electron chi connectivity index (χ3n) is 2.25. The number of benzene rings is 1. The molecule has 0 spiro atoms. The first-order valence-electron chi connectivity index (χ1n) is 5.72. The maximum Gasteiger partial charge on any atom is 0.347 e. The van der Waals surface area contributed by atoms with E-state index in [2.05, 4.69) is 15.9 Å². The Morgan fingerprint density at radius 3 is 2.53 bits per heavy atom. The van der Waals surface area contributed by atoms with E-state index in [1.54, 1.807) is 6.92 Å². The minimum absolute atomic E-state index is 0.0273. The molecule has 0 aromatic heterocycles. The van der Waals surface area contributed by atoms with E-state index in [9.17, 15) is 14.9 Å². The molecule has 1 rings (SSSR count). The van der Waals surface area contributed by atoms with E-state index in [1.165, 1.54) is 24.3 Å². The van der Waals surface area contributed by atoms with E-state index in [0.717, 1.165) is 0 Å². The molecule has 19 heavy (non-hydrogen) atoms. The van der Waals surface area contributed by atoms with Gasteiger partial charge >= 0.3 is 5.97 Å². The largest absolute Gasteiger partial charge is 0.479 e. The number of halogens is 1. The second-order valence-electron chi connectivity index (χ2n) is 3.59. The van der Waals surface area contributed by atoms with Gasteiger partial charge in [-0.2, -0.15) is 0 Å². The molecule has 6 nitrogen and oxygen atoms in total. The molecule has 1 unspecified atom stereocenters. The maximum atomic E-state index is 11.6. The van der Waals surface area contributed by atoms with Crippen LogP contribution in [0.5, 0.6) is 5.75 Å². The number of nitro groups is 1. The molecule has 0 heterocycles. The van der Waals surface area contributed by atoms with Crippen LogP contribution in [0, 0.1) is 10.1 Å². The van der Waals surface area contributed by atoms with Crippen LogP contribution in [0.15, 0.2) is 24.3 Å². The number of carbonyl (C=O) groups excluding carboxylic acids is 1. The van der Waals surface area contributed by atoms with Crippen LogP contribution in [0.4, 0.5) is 5.69 Å². The molecule has 0 saturated heterocycles. The predicted molar refractivity (Wildman–Crippen MR) is 72.6 cm³/mol. The number of nitrogens with zero attached hydrogens (tertiary/aromatic N) is 1. The zero-order valence-corrected chi connectivity index (χ0v) is 12.0. The molecule has 0 radical (unpaired) electrons. The minimum atomic E-state index is -0.721. The van der Waals surface area contributed by atoms with Crippen LogP contribution in [-0.4, -0.2) is 28.9 Å². The average Bonchev–Trinajstić information content (AvgIpc) is 2.39. The zero-order valence-electron chi connectivity index (χ0n) is 10.4. The second kappa shape index (κ2) is 7.73. The van der Waals surface area contributed by atoms with Crippen molar-refractivity contribution >= 4 is 27.6 Å². The van der Waals surface area contributed by atoms with E-state index in [1.807, 2.05) is 0 Å². The van der Waals surface area contributed by atoms with Gasteiger partial charge in [0.2, 0.25) is 0 Å². The smallest absolute Gasteiger partial charge is 0.347 e. The number of hydrogen-bond acceptors (Lipinski definition) is 5. The van der Waals surface area contributed by atoms with Crippen LogP contribution in [-0.2, 0) is 9.53 Å². The standard InChI is InChI=1S/C12H14BrNO5/c1-2-18-12(15)11(7-8-13)19-10-5-3-9(4-6-10)14(16)17/h3-6,11H,2,7-8H2,1H3. The van der Waals surface area contributed by atoms with Crippen molar-refractivity contribution in [2.45, 2.75) is 19.4 Å². The number of hydrogen-bond donors (Lipinski definition) is 0. The topological polar surface area (TPSA) is 78.7 Å². The van der Waals surface area contributed by atoms with Gasteiger partial charge in [-0.1, -0.05) is 15.9 Å². The highest BCUT2D eigenvalue weighted by Crippen LogP contribution is 2.19. The summed E-state index contributed by atoms with van der Waals surface area (Å²) in [5.41, 5.74) is -0.0273. The van der Waals surface area contributed by atoms with Gasteiger partial charge in [0.25, 0.3) is 5.69 Å². The predicted octanol–water partition coefficient (Wildman–Crippen LogP) is 2.69. The lowest BCUT2D eigenvalue weighted by Gasteiger charge is -2.16. The van der Waals surface area contributed by atoms with Crippen LogP contribution in [0.3, 0.4) is 0 Å². The van der Waals surface area contributed by atoms with Crippen LogP contribution in [0.1, 0.15) is 13.3 Å². The Balaban J connectivity index is 2.73. The Hall–Kier alpha value is -1.63. The van der Waals surface area contributed by atoms with Gasteiger partial charge < -0.3 is 9.47 Å². The average molecular weight is 332 g/mol. The summed E-state index contributed by atoms with van der Waals surface area (Å²) in [6, 6.07) is 5.56. The zero-order chi connectivity index (χ0) is 14.3. The summed E-state index contributed by atoms with van der Waals surface area (Å²) in [6.45, 7) is 2.00. The highest BCUT2D eigenvalue weighted by atomic mass is 79.9. The van der Waals surface area contributed by atoms with E-state index in [4.69, 9.17) is 9.47 Å². The van der Waals surface area contributed by atoms with Crippen molar-refractivity contribution in [3.05, 3.63) is 34.4 Å². The summed E-state index contributed by atoms with van der Waals surface area (Å²) in [6.07, 6.45) is -0.267. The quantitative estimate of drug-likeness (QED) is 0.332. The van der Waals surface area contributed by atoms with Gasteiger partial charge in [0.05, 0.1) is 11.5 Å². The van der Waals surface area contributed by atoms with Gasteiger partial charge in [-0.15, -0.1) is 0 Å². The monoisotopic (exact) mass is 331 g/mol. The molecule has 0 aliphatic rings. The van der Waals surface area contributed by atoms with E-state index < -0.39 is 17.0 Å². The van der Waals surface area contributed by atoms with Crippen molar-refractivity contribution < 1.29 is 19.2 Å². The number of nitro benzene ring substituents is 1. The molecule has 0 aliphatic carbocycles. The highest BCUT2D eigenvalue weighted by Gasteiger charge is 2.21.